The summed E-state index contributed by atoms with van der Waals surface area (Å²) in [6.45, 7) is 0. The SMILES string of the molecule is [Se]c1c(-c2cccc(-c3nc(-c4ccccc4)nc(-c4ccccc4)n3)c2)cccc1-c1ccccc1-c1ccc2ccc3ccccc3c2c1. The van der Waals surface area contributed by atoms with Gasteiger partial charge in [0, 0.05) is 0 Å². The van der Waals surface area contributed by atoms with Crippen LogP contribution >= 0.6 is 0 Å². The van der Waals surface area contributed by atoms with Gasteiger partial charge in [-0.2, -0.15) is 0 Å². The number of hydrogen-bond donors (Lipinski definition) is 0. The molecule has 3 nitrogen and oxygen atoms in total. The molecule has 0 aliphatic rings. The fourth-order valence-electron chi connectivity index (χ4n) is 6.88. The Balaban J connectivity index is 1.14. The van der Waals surface area contributed by atoms with E-state index in [0.29, 0.717) is 17.5 Å². The van der Waals surface area contributed by atoms with E-state index < -0.39 is 0 Å². The molecule has 0 amide bonds. The topological polar surface area (TPSA) is 38.7 Å². The number of hydrogen-bond acceptors (Lipinski definition) is 3. The Morgan fingerprint density at radius 2 is 0.765 bits per heavy atom. The van der Waals surface area contributed by atoms with Crippen LogP contribution in [0.15, 0.2) is 182 Å². The van der Waals surface area contributed by atoms with Crippen LogP contribution in [-0.2, 0) is 0 Å². The number of benzene rings is 8. The first-order chi connectivity index (χ1) is 25.2. The minimum atomic E-state index is 0.636. The monoisotopic (exact) mass is 716 g/mol. The number of aromatic nitrogens is 3. The van der Waals surface area contributed by atoms with Gasteiger partial charge < -0.3 is 0 Å². The summed E-state index contributed by atoms with van der Waals surface area (Å²) in [5, 5.41) is 5.02. The molecule has 239 valence electrons. The van der Waals surface area contributed by atoms with E-state index in [4.69, 9.17) is 15.0 Å². The number of fused-ring (bicyclic) bond motifs is 3. The number of nitrogens with zero attached hydrogens (tertiary/aromatic N) is 3. The van der Waals surface area contributed by atoms with Crippen LogP contribution in [0.2, 0.25) is 0 Å². The molecule has 4 heteroatoms. The first kappa shape index (κ1) is 30.8. The third-order valence-corrected chi connectivity index (χ3v) is 10.3. The summed E-state index contributed by atoms with van der Waals surface area (Å²) in [6, 6.07) is 63.7. The summed E-state index contributed by atoms with van der Waals surface area (Å²) in [5.74, 6) is 1.93. The predicted molar refractivity (Wildman–Crippen MR) is 213 cm³/mol. The van der Waals surface area contributed by atoms with Crippen molar-refractivity contribution in [2.75, 3.05) is 0 Å². The van der Waals surface area contributed by atoms with Crippen molar-refractivity contribution in [1.82, 2.24) is 15.0 Å². The molecule has 0 N–H and O–H groups in total. The van der Waals surface area contributed by atoms with E-state index in [-0.39, 0.29) is 0 Å². The minimum absolute atomic E-state index is 0.636. The van der Waals surface area contributed by atoms with E-state index in [2.05, 4.69) is 137 Å². The molecule has 51 heavy (non-hydrogen) atoms. The Kier molecular flexibility index (Phi) is 8.02. The second-order valence-corrected chi connectivity index (χ2v) is 13.4. The Hall–Kier alpha value is -6.19. The second kappa shape index (κ2) is 13.3. The molecule has 0 spiro atoms. The van der Waals surface area contributed by atoms with E-state index in [1.165, 1.54) is 38.2 Å². The van der Waals surface area contributed by atoms with Gasteiger partial charge in [-0.25, -0.2) is 0 Å². The molecule has 0 bridgehead atoms. The fourth-order valence-corrected chi connectivity index (χ4v) is 7.64. The standard InChI is InChI=1S/C47H30N3Se/c51-44-40(35-18-11-19-37(29-35)47-49-45(33-14-3-1-4-15-33)48-46(50-47)34-16-5-2-6-17-34)23-12-24-42(44)41-22-10-9-21-39(41)36-28-27-32-26-25-31-13-7-8-20-38(31)43(32)30-36/h1-30H. The van der Waals surface area contributed by atoms with Gasteiger partial charge in [-0.3, -0.25) is 0 Å². The summed E-state index contributed by atoms with van der Waals surface area (Å²) < 4.78 is 1.10. The van der Waals surface area contributed by atoms with E-state index >= 15 is 0 Å². The molecule has 0 saturated heterocycles. The molecule has 9 rings (SSSR count). The third-order valence-electron chi connectivity index (χ3n) is 9.42. The summed E-state index contributed by atoms with van der Waals surface area (Å²) >= 11 is 3.45. The van der Waals surface area contributed by atoms with E-state index in [9.17, 15) is 0 Å². The first-order valence-corrected chi connectivity index (χ1v) is 17.8. The van der Waals surface area contributed by atoms with Crippen molar-refractivity contribution in [3.05, 3.63) is 182 Å². The molecular weight excluding hydrogens is 685 g/mol. The molecule has 0 fully saturated rings. The molecule has 0 saturated carbocycles. The van der Waals surface area contributed by atoms with Crippen LogP contribution < -0.4 is 4.46 Å². The summed E-state index contributed by atoms with van der Waals surface area (Å²) in [5.41, 5.74) is 9.76. The van der Waals surface area contributed by atoms with Gasteiger partial charge in [0.25, 0.3) is 0 Å². The predicted octanol–water partition coefficient (Wildman–Crippen LogP) is 11.0. The number of rotatable bonds is 6. The molecular formula is C47H30N3Se. The van der Waals surface area contributed by atoms with Crippen molar-refractivity contribution in [1.29, 1.82) is 0 Å². The molecule has 1 heterocycles. The molecule has 9 aromatic rings. The zero-order valence-electron chi connectivity index (χ0n) is 27.6. The summed E-state index contributed by atoms with van der Waals surface area (Å²) in [4.78, 5) is 14.8. The van der Waals surface area contributed by atoms with Gasteiger partial charge in [-0.1, -0.05) is 0 Å². The first-order valence-electron chi connectivity index (χ1n) is 17.0. The van der Waals surface area contributed by atoms with Crippen LogP contribution in [0.5, 0.6) is 0 Å². The van der Waals surface area contributed by atoms with Crippen LogP contribution in [0, 0.1) is 0 Å². The molecule has 0 atom stereocenters. The van der Waals surface area contributed by atoms with Crippen molar-refractivity contribution in [2.24, 2.45) is 0 Å². The summed E-state index contributed by atoms with van der Waals surface area (Å²) in [7, 11) is 0. The van der Waals surface area contributed by atoms with Crippen LogP contribution in [-0.4, -0.2) is 31.0 Å². The molecule has 0 aliphatic carbocycles. The van der Waals surface area contributed by atoms with Crippen LogP contribution in [0.1, 0.15) is 0 Å². The Morgan fingerprint density at radius 1 is 0.294 bits per heavy atom. The Bertz CT molecular complexity index is 2650. The van der Waals surface area contributed by atoms with Crippen molar-refractivity contribution < 1.29 is 0 Å². The zero-order chi connectivity index (χ0) is 34.1. The van der Waals surface area contributed by atoms with E-state index in [0.717, 1.165) is 37.8 Å². The molecule has 1 aromatic heterocycles. The molecule has 0 unspecified atom stereocenters. The Morgan fingerprint density at radius 3 is 1.49 bits per heavy atom. The van der Waals surface area contributed by atoms with E-state index in [1.807, 2.05) is 60.7 Å². The molecule has 0 aliphatic heterocycles. The average Bonchev–Trinajstić information content (AvgIpc) is 3.21. The Labute approximate surface area is 305 Å². The third kappa shape index (κ3) is 5.91. The van der Waals surface area contributed by atoms with Gasteiger partial charge in [-0.05, 0) is 0 Å². The molecule has 1 radical (unpaired) electrons. The average molecular weight is 716 g/mol. The van der Waals surface area contributed by atoms with Crippen molar-refractivity contribution >= 4 is 42.0 Å². The van der Waals surface area contributed by atoms with Gasteiger partial charge in [0.05, 0.1) is 0 Å². The quantitative estimate of drug-likeness (QED) is 0.127. The van der Waals surface area contributed by atoms with Gasteiger partial charge in [0.1, 0.15) is 0 Å². The van der Waals surface area contributed by atoms with Gasteiger partial charge in [0.2, 0.25) is 0 Å². The van der Waals surface area contributed by atoms with E-state index in [1.54, 1.807) is 0 Å². The normalized spacial score (nSPS) is 11.2. The van der Waals surface area contributed by atoms with Crippen molar-refractivity contribution in [3.63, 3.8) is 0 Å². The summed E-state index contributed by atoms with van der Waals surface area (Å²) in [6.07, 6.45) is 0. The van der Waals surface area contributed by atoms with Crippen molar-refractivity contribution in [2.45, 2.75) is 0 Å². The molecule has 8 aromatic carbocycles. The van der Waals surface area contributed by atoms with Crippen LogP contribution in [0.25, 0.3) is 89.1 Å². The van der Waals surface area contributed by atoms with Gasteiger partial charge in [0.15, 0.2) is 0 Å². The van der Waals surface area contributed by atoms with Crippen molar-refractivity contribution in [3.8, 4) is 67.5 Å². The maximum absolute atomic E-state index is 4.98. The second-order valence-electron chi connectivity index (χ2n) is 12.6. The zero-order valence-corrected chi connectivity index (χ0v) is 29.3. The van der Waals surface area contributed by atoms with Crippen LogP contribution in [0.4, 0.5) is 0 Å². The van der Waals surface area contributed by atoms with Gasteiger partial charge in [-0.15, -0.1) is 0 Å². The fraction of sp³-hybridized carbons (Fsp3) is 0. The van der Waals surface area contributed by atoms with Gasteiger partial charge >= 0.3 is 307 Å². The maximum atomic E-state index is 4.98. The van der Waals surface area contributed by atoms with Crippen LogP contribution in [0.3, 0.4) is 0 Å².